The number of likely N-dealkylation sites (tertiary alicyclic amines) is 1. The van der Waals surface area contributed by atoms with Gasteiger partial charge in [-0.05, 0) is 54.9 Å². The number of hydrogen-bond acceptors (Lipinski definition) is 4. The van der Waals surface area contributed by atoms with Gasteiger partial charge in [0.1, 0.15) is 6.61 Å². The van der Waals surface area contributed by atoms with Gasteiger partial charge in [-0.3, -0.25) is 9.59 Å². The van der Waals surface area contributed by atoms with Crippen molar-refractivity contribution in [3.05, 3.63) is 59.7 Å². The molecular weight excluding hydrogens is 444 g/mol. The number of carbonyl (C=O) groups excluding carboxylic acids is 2. The normalized spacial score (nSPS) is 25.6. The molecule has 2 amide bonds. The van der Waals surface area contributed by atoms with Crippen LogP contribution in [-0.4, -0.2) is 53.2 Å². The number of amides is 2. The number of aliphatic carboxylic acids is 1. The van der Waals surface area contributed by atoms with Crippen LogP contribution >= 0.6 is 0 Å². The van der Waals surface area contributed by atoms with Crippen molar-refractivity contribution in [2.75, 3.05) is 13.2 Å². The molecule has 4 atom stereocenters. The molecular formula is C28H32N2O5. The monoisotopic (exact) mass is 476 g/mol. The summed E-state index contributed by atoms with van der Waals surface area (Å²) in [4.78, 5) is 39.3. The molecule has 0 radical (unpaired) electrons. The number of ether oxygens (including phenoxy) is 1. The molecule has 3 aliphatic rings. The zero-order valence-corrected chi connectivity index (χ0v) is 20.0. The van der Waals surface area contributed by atoms with Gasteiger partial charge < -0.3 is 20.1 Å². The van der Waals surface area contributed by atoms with Crippen molar-refractivity contribution in [1.82, 2.24) is 10.2 Å². The van der Waals surface area contributed by atoms with Crippen molar-refractivity contribution >= 4 is 18.0 Å². The van der Waals surface area contributed by atoms with Gasteiger partial charge in [-0.25, -0.2) is 4.79 Å². The predicted octanol–water partition coefficient (Wildman–Crippen LogP) is 4.41. The van der Waals surface area contributed by atoms with Crippen molar-refractivity contribution in [3.63, 3.8) is 0 Å². The van der Waals surface area contributed by atoms with Crippen LogP contribution in [-0.2, 0) is 14.3 Å². The van der Waals surface area contributed by atoms with E-state index in [-0.39, 0.29) is 43.0 Å². The second-order valence-electron chi connectivity index (χ2n) is 10.1. The molecule has 1 saturated carbocycles. The Morgan fingerprint density at radius 2 is 1.63 bits per heavy atom. The number of nitrogens with one attached hydrogen (secondary N) is 1. The van der Waals surface area contributed by atoms with Gasteiger partial charge in [-0.15, -0.1) is 0 Å². The van der Waals surface area contributed by atoms with E-state index in [4.69, 9.17) is 4.74 Å². The van der Waals surface area contributed by atoms with Crippen LogP contribution in [0.15, 0.2) is 48.5 Å². The predicted molar refractivity (Wildman–Crippen MR) is 131 cm³/mol. The molecule has 35 heavy (non-hydrogen) atoms. The molecule has 2 aromatic rings. The summed E-state index contributed by atoms with van der Waals surface area (Å²) in [7, 11) is 0. The Bertz CT molecular complexity index is 1090. The first kappa shape index (κ1) is 23.4. The molecule has 5 rings (SSSR count). The third-order valence-corrected chi connectivity index (χ3v) is 7.99. The molecule has 7 heteroatoms. The zero-order valence-electron chi connectivity index (χ0n) is 20.0. The van der Waals surface area contributed by atoms with Gasteiger partial charge in [0.15, 0.2) is 0 Å². The molecule has 1 aliphatic heterocycles. The topological polar surface area (TPSA) is 95.9 Å². The van der Waals surface area contributed by atoms with Crippen molar-refractivity contribution in [2.24, 2.45) is 11.8 Å². The number of hydrogen-bond donors (Lipinski definition) is 2. The van der Waals surface area contributed by atoms with Gasteiger partial charge in [-0.2, -0.15) is 0 Å². The summed E-state index contributed by atoms with van der Waals surface area (Å²) >= 11 is 0. The third kappa shape index (κ3) is 4.51. The summed E-state index contributed by atoms with van der Waals surface area (Å²) < 4.78 is 5.69. The largest absolute Gasteiger partial charge is 0.481 e. The maximum Gasteiger partial charge on any atom is 0.407 e. The molecule has 2 aromatic carbocycles. The molecule has 7 nitrogen and oxygen atoms in total. The summed E-state index contributed by atoms with van der Waals surface area (Å²) in [6, 6.07) is 16.1. The molecule has 4 unspecified atom stereocenters. The fourth-order valence-electron chi connectivity index (χ4n) is 6.05. The summed E-state index contributed by atoms with van der Waals surface area (Å²) in [6.07, 6.45) is 3.01. The number of carboxylic acid groups (broad SMARTS) is 1. The van der Waals surface area contributed by atoms with Crippen molar-refractivity contribution in [3.8, 4) is 11.1 Å². The number of alkyl carbamates (subject to hydrolysis) is 1. The number of rotatable bonds is 5. The van der Waals surface area contributed by atoms with Crippen molar-refractivity contribution < 1.29 is 24.2 Å². The molecule has 0 bridgehead atoms. The number of carbonyl (C=O) groups is 3. The van der Waals surface area contributed by atoms with Gasteiger partial charge in [0.2, 0.25) is 5.91 Å². The number of nitrogens with zero attached hydrogens (tertiary/aromatic N) is 1. The zero-order chi connectivity index (χ0) is 24.5. The Kier molecular flexibility index (Phi) is 6.50. The maximum absolute atomic E-state index is 13.4. The average Bonchev–Trinajstić information content (AvgIpc) is 3.45. The Morgan fingerprint density at radius 3 is 2.29 bits per heavy atom. The second kappa shape index (κ2) is 9.72. The van der Waals surface area contributed by atoms with E-state index < -0.39 is 18.0 Å². The van der Waals surface area contributed by atoms with E-state index in [1.165, 1.54) is 11.1 Å². The van der Waals surface area contributed by atoms with Gasteiger partial charge in [-0.1, -0.05) is 55.0 Å². The molecule has 2 fully saturated rings. The van der Waals surface area contributed by atoms with Crippen LogP contribution < -0.4 is 5.32 Å². The fraction of sp³-hybridized carbons (Fsp3) is 0.464. The maximum atomic E-state index is 13.4. The fourth-order valence-corrected chi connectivity index (χ4v) is 6.05. The van der Waals surface area contributed by atoms with Crippen LogP contribution in [0.2, 0.25) is 0 Å². The minimum absolute atomic E-state index is 0.00815. The highest BCUT2D eigenvalue weighted by Crippen LogP contribution is 2.44. The first-order valence-corrected chi connectivity index (χ1v) is 12.6. The van der Waals surface area contributed by atoms with E-state index >= 15 is 0 Å². The number of piperidine rings is 1. The minimum Gasteiger partial charge on any atom is -0.481 e. The van der Waals surface area contributed by atoms with E-state index in [0.29, 0.717) is 25.7 Å². The SMILES string of the molecule is CC1CCC(C(=O)O)CN1C(=O)C1CCCC1NC(=O)OCC1c2ccccc2-c2ccccc21. The van der Waals surface area contributed by atoms with E-state index in [0.717, 1.165) is 17.5 Å². The van der Waals surface area contributed by atoms with E-state index in [9.17, 15) is 19.5 Å². The van der Waals surface area contributed by atoms with Crippen molar-refractivity contribution in [1.29, 1.82) is 0 Å². The second-order valence-corrected chi connectivity index (χ2v) is 10.1. The van der Waals surface area contributed by atoms with Gasteiger partial charge in [0.25, 0.3) is 0 Å². The summed E-state index contributed by atoms with van der Waals surface area (Å²) in [6.45, 7) is 2.44. The van der Waals surface area contributed by atoms with Crippen LogP contribution in [0.4, 0.5) is 4.79 Å². The quantitative estimate of drug-likeness (QED) is 0.667. The van der Waals surface area contributed by atoms with Gasteiger partial charge in [0, 0.05) is 24.5 Å². The minimum atomic E-state index is -0.852. The van der Waals surface area contributed by atoms with Crippen LogP contribution in [0.3, 0.4) is 0 Å². The average molecular weight is 477 g/mol. The Labute approximate surface area is 205 Å². The molecule has 184 valence electrons. The molecule has 2 aliphatic carbocycles. The molecule has 1 heterocycles. The Balaban J connectivity index is 1.22. The first-order valence-electron chi connectivity index (χ1n) is 12.6. The molecule has 0 spiro atoms. The Morgan fingerprint density at radius 1 is 0.971 bits per heavy atom. The summed E-state index contributed by atoms with van der Waals surface area (Å²) in [5.41, 5.74) is 4.66. The van der Waals surface area contributed by atoms with Gasteiger partial charge in [0.05, 0.1) is 11.8 Å². The van der Waals surface area contributed by atoms with E-state index in [1.807, 2.05) is 31.2 Å². The van der Waals surface area contributed by atoms with Crippen LogP contribution in [0.5, 0.6) is 0 Å². The highest BCUT2D eigenvalue weighted by atomic mass is 16.5. The standard InChI is InChI=1S/C28H32N2O5/c1-17-13-14-18(27(32)33)15-30(17)26(31)23-11-6-12-25(23)29-28(34)35-16-24-21-9-4-2-7-19(21)20-8-3-5-10-22(20)24/h2-5,7-10,17-18,23-25H,6,11-16H2,1H3,(H,29,34)(H,32,33). The lowest BCUT2D eigenvalue weighted by molar-refractivity contribution is -0.148. The molecule has 2 N–H and O–H groups in total. The Hall–Kier alpha value is -3.35. The highest BCUT2D eigenvalue weighted by Gasteiger charge is 2.41. The van der Waals surface area contributed by atoms with Gasteiger partial charge >= 0.3 is 12.1 Å². The van der Waals surface area contributed by atoms with Crippen LogP contribution in [0, 0.1) is 11.8 Å². The first-order chi connectivity index (χ1) is 16.9. The van der Waals surface area contributed by atoms with E-state index in [1.54, 1.807) is 4.90 Å². The third-order valence-electron chi connectivity index (χ3n) is 7.99. The molecule has 0 aromatic heterocycles. The smallest absolute Gasteiger partial charge is 0.407 e. The van der Waals surface area contributed by atoms with E-state index in [2.05, 4.69) is 29.6 Å². The highest BCUT2D eigenvalue weighted by molar-refractivity contribution is 5.82. The van der Waals surface area contributed by atoms with Crippen LogP contribution in [0.25, 0.3) is 11.1 Å². The lowest BCUT2D eigenvalue weighted by Crippen LogP contribution is -2.52. The molecule has 1 saturated heterocycles. The number of benzene rings is 2. The number of carboxylic acids is 1. The lowest BCUT2D eigenvalue weighted by Gasteiger charge is -2.38. The van der Waals surface area contributed by atoms with Crippen LogP contribution in [0.1, 0.15) is 56.1 Å². The summed E-state index contributed by atoms with van der Waals surface area (Å²) in [5.74, 6) is -1.79. The lowest BCUT2D eigenvalue weighted by atomic mass is 9.91. The number of fused-ring (bicyclic) bond motifs is 3. The summed E-state index contributed by atoms with van der Waals surface area (Å²) in [5, 5.41) is 12.4. The van der Waals surface area contributed by atoms with Crippen molar-refractivity contribution in [2.45, 2.75) is 57.0 Å².